The summed E-state index contributed by atoms with van der Waals surface area (Å²) in [5, 5.41) is 10.2. The van der Waals surface area contributed by atoms with Gasteiger partial charge >= 0.3 is 5.97 Å². The van der Waals surface area contributed by atoms with E-state index < -0.39 is 17.8 Å². The molecule has 0 radical (unpaired) electrons. The molecule has 0 bridgehead atoms. The van der Waals surface area contributed by atoms with Crippen LogP contribution in [-0.2, 0) is 19.2 Å². The summed E-state index contributed by atoms with van der Waals surface area (Å²) in [5.41, 5.74) is 0. The second kappa shape index (κ2) is 8.21. The number of imide groups is 1. The van der Waals surface area contributed by atoms with Gasteiger partial charge in [-0.2, -0.15) is 0 Å². The number of hydrogen-bond acceptors (Lipinski definition) is 6. The van der Waals surface area contributed by atoms with E-state index in [1.54, 1.807) is 7.05 Å². The maximum atomic E-state index is 12.0. The molecule has 0 aromatic carbocycles. The fourth-order valence-electron chi connectivity index (χ4n) is 3.14. The first kappa shape index (κ1) is 17.6. The highest BCUT2D eigenvalue weighted by Crippen LogP contribution is 2.23. The fraction of sp³-hybridized carbons (Fsp3) is 0.688. The lowest BCUT2D eigenvalue weighted by Gasteiger charge is -2.34. The predicted octanol–water partition coefficient (Wildman–Crippen LogP) is 0.633. The second-order valence-corrected chi connectivity index (χ2v) is 6.10. The lowest BCUT2D eigenvalue weighted by atomic mass is 9.89. The number of amides is 2. The summed E-state index contributed by atoms with van der Waals surface area (Å²) in [4.78, 5) is 41.7. The normalized spacial score (nSPS) is 27.0. The molecule has 0 aromatic heterocycles. The zero-order chi connectivity index (χ0) is 16.8. The molecule has 1 fully saturated rings. The third-order valence-corrected chi connectivity index (χ3v) is 4.42. The Morgan fingerprint density at radius 2 is 1.87 bits per heavy atom. The van der Waals surface area contributed by atoms with Crippen molar-refractivity contribution in [1.29, 1.82) is 0 Å². The molecule has 1 aliphatic carbocycles. The van der Waals surface area contributed by atoms with Crippen molar-refractivity contribution < 1.29 is 24.3 Å². The Hall–Kier alpha value is -1.73. The largest absolute Gasteiger partial charge is 0.396 e. The number of hydrogen-bond donors (Lipinski definition) is 1. The molecule has 7 nitrogen and oxygen atoms in total. The topological polar surface area (TPSA) is 87.2 Å². The van der Waals surface area contributed by atoms with Crippen LogP contribution in [0.1, 0.15) is 38.5 Å². The highest BCUT2D eigenvalue weighted by molar-refractivity contribution is 6.01. The molecule has 7 heteroatoms. The van der Waals surface area contributed by atoms with Crippen LogP contribution in [0.4, 0.5) is 0 Å². The van der Waals surface area contributed by atoms with Crippen molar-refractivity contribution in [1.82, 2.24) is 9.96 Å². The fourth-order valence-corrected chi connectivity index (χ4v) is 3.14. The number of nitrogens with zero attached hydrogens (tertiary/aromatic N) is 2. The van der Waals surface area contributed by atoms with Gasteiger partial charge in [0.15, 0.2) is 0 Å². The Labute approximate surface area is 135 Å². The van der Waals surface area contributed by atoms with Crippen molar-refractivity contribution >= 4 is 17.8 Å². The van der Waals surface area contributed by atoms with Gasteiger partial charge in [-0.25, -0.2) is 4.79 Å². The predicted molar refractivity (Wildman–Crippen MR) is 81.8 cm³/mol. The summed E-state index contributed by atoms with van der Waals surface area (Å²) >= 11 is 0. The Morgan fingerprint density at radius 3 is 2.48 bits per heavy atom. The molecule has 1 heterocycles. The molecule has 2 atom stereocenters. The summed E-state index contributed by atoms with van der Waals surface area (Å²) < 4.78 is 0. The average Bonchev–Trinajstić information content (AvgIpc) is 2.79. The molecule has 2 aliphatic rings. The molecule has 0 saturated carbocycles. The quantitative estimate of drug-likeness (QED) is 0.590. The first-order valence-electron chi connectivity index (χ1n) is 8.05. The SMILES string of the molecule is CN(CC(=O)ON1C(=O)CCC1=O)C1CC/C=C/CCC1CO. The molecule has 2 rings (SSSR count). The summed E-state index contributed by atoms with van der Waals surface area (Å²) in [7, 11) is 1.80. The molecule has 0 spiro atoms. The lowest BCUT2D eigenvalue weighted by molar-refractivity contribution is -0.198. The number of aliphatic hydroxyl groups is 1. The van der Waals surface area contributed by atoms with E-state index in [1.165, 1.54) is 0 Å². The van der Waals surface area contributed by atoms with Gasteiger partial charge < -0.3 is 9.94 Å². The van der Waals surface area contributed by atoms with Crippen LogP contribution < -0.4 is 0 Å². The number of aliphatic hydroxyl groups excluding tert-OH is 1. The first-order chi connectivity index (χ1) is 11.0. The molecule has 1 aliphatic heterocycles. The Balaban J connectivity index is 1.92. The van der Waals surface area contributed by atoms with Crippen LogP contribution in [0.5, 0.6) is 0 Å². The molecule has 1 N–H and O–H groups in total. The van der Waals surface area contributed by atoms with Crippen LogP contribution in [0, 0.1) is 5.92 Å². The standard InChI is InChI=1S/C16H24N2O5/c1-17(13-7-5-3-2-4-6-12(13)11-19)10-16(22)23-18-14(20)8-9-15(18)21/h2-3,12-13,19H,4-11H2,1H3/b3-2+. The number of hydroxylamine groups is 2. The average molecular weight is 324 g/mol. The van der Waals surface area contributed by atoms with Crippen molar-refractivity contribution in [3.05, 3.63) is 12.2 Å². The second-order valence-electron chi connectivity index (χ2n) is 6.10. The highest BCUT2D eigenvalue weighted by Gasteiger charge is 2.34. The Bertz CT molecular complexity index is 475. The van der Waals surface area contributed by atoms with E-state index in [0.29, 0.717) is 5.06 Å². The third-order valence-electron chi connectivity index (χ3n) is 4.42. The zero-order valence-electron chi connectivity index (χ0n) is 13.4. The third kappa shape index (κ3) is 4.62. The summed E-state index contributed by atoms with van der Waals surface area (Å²) in [5.74, 6) is -1.50. The van der Waals surface area contributed by atoms with E-state index in [1.807, 2.05) is 4.90 Å². The summed E-state index contributed by atoms with van der Waals surface area (Å²) in [6.07, 6.45) is 7.92. The van der Waals surface area contributed by atoms with Gasteiger partial charge in [-0.05, 0) is 38.6 Å². The smallest absolute Gasteiger partial charge is 0.347 e. The first-order valence-corrected chi connectivity index (χ1v) is 8.05. The summed E-state index contributed by atoms with van der Waals surface area (Å²) in [6.45, 7) is 0.0446. The number of rotatable bonds is 5. The maximum Gasteiger partial charge on any atom is 0.347 e. The van der Waals surface area contributed by atoms with Crippen LogP contribution >= 0.6 is 0 Å². The maximum absolute atomic E-state index is 12.0. The Morgan fingerprint density at radius 1 is 1.26 bits per heavy atom. The van der Waals surface area contributed by atoms with Gasteiger partial charge in [-0.15, -0.1) is 5.06 Å². The molecule has 23 heavy (non-hydrogen) atoms. The van der Waals surface area contributed by atoms with Crippen molar-refractivity contribution in [2.45, 2.75) is 44.6 Å². The van der Waals surface area contributed by atoms with Gasteiger partial charge in [0, 0.05) is 25.5 Å². The molecule has 128 valence electrons. The van der Waals surface area contributed by atoms with Gasteiger partial charge in [0.25, 0.3) is 11.8 Å². The Kier molecular flexibility index (Phi) is 6.29. The number of likely N-dealkylation sites (N-methyl/N-ethyl adjacent to an activating group) is 1. The minimum atomic E-state index is -0.634. The zero-order valence-corrected chi connectivity index (χ0v) is 13.4. The number of carbonyl (C=O) groups is 3. The number of allylic oxidation sites excluding steroid dienone is 2. The van der Waals surface area contributed by atoms with Crippen LogP contribution in [-0.4, -0.2) is 59.1 Å². The van der Waals surface area contributed by atoms with E-state index in [-0.39, 0.29) is 38.0 Å². The highest BCUT2D eigenvalue weighted by atomic mass is 16.7. The minimum Gasteiger partial charge on any atom is -0.396 e. The van der Waals surface area contributed by atoms with Crippen LogP contribution in [0.3, 0.4) is 0 Å². The van der Waals surface area contributed by atoms with Crippen molar-refractivity contribution in [3.8, 4) is 0 Å². The van der Waals surface area contributed by atoms with Crippen molar-refractivity contribution in [2.75, 3.05) is 20.2 Å². The molecule has 0 aromatic rings. The van der Waals surface area contributed by atoms with E-state index >= 15 is 0 Å². The minimum absolute atomic E-state index is 0.0259. The monoisotopic (exact) mass is 324 g/mol. The lowest BCUT2D eigenvalue weighted by Crippen LogP contribution is -2.44. The van der Waals surface area contributed by atoms with E-state index in [2.05, 4.69) is 12.2 Å². The molecular formula is C16H24N2O5. The summed E-state index contributed by atoms with van der Waals surface area (Å²) in [6, 6.07) is 0.0579. The van der Waals surface area contributed by atoms with E-state index in [0.717, 1.165) is 25.7 Å². The van der Waals surface area contributed by atoms with Crippen LogP contribution in [0.25, 0.3) is 0 Å². The van der Waals surface area contributed by atoms with E-state index in [4.69, 9.17) is 4.84 Å². The van der Waals surface area contributed by atoms with Crippen LogP contribution in [0.2, 0.25) is 0 Å². The van der Waals surface area contributed by atoms with Gasteiger partial charge in [0.2, 0.25) is 0 Å². The van der Waals surface area contributed by atoms with Crippen LogP contribution in [0.15, 0.2) is 12.2 Å². The van der Waals surface area contributed by atoms with Gasteiger partial charge in [0.05, 0.1) is 6.54 Å². The molecule has 2 unspecified atom stereocenters. The van der Waals surface area contributed by atoms with E-state index in [9.17, 15) is 19.5 Å². The van der Waals surface area contributed by atoms with Gasteiger partial charge in [0.1, 0.15) is 0 Å². The molecular weight excluding hydrogens is 300 g/mol. The van der Waals surface area contributed by atoms with Gasteiger partial charge in [-0.3, -0.25) is 14.5 Å². The van der Waals surface area contributed by atoms with Gasteiger partial charge in [-0.1, -0.05) is 12.2 Å². The van der Waals surface area contributed by atoms with Crippen molar-refractivity contribution in [3.63, 3.8) is 0 Å². The molecule has 2 amide bonds. The van der Waals surface area contributed by atoms with Crippen molar-refractivity contribution in [2.24, 2.45) is 5.92 Å². The molecule has 1 saturated heterocycles. The number of carbonyl (C=O) groups excluding carboxylic acids is 3.